The Morgan fingerprint density at radius 1 is 1.10 bits per heavy atom. The van der Waals surface area contributed by atoms with Crippen LogP contribution in [0.15, 0.2) is 60.8 Å². The second-order valence-corrected chi connectivity index (χ2v) is 7.78. The molecule has 1 atom stereocenters. The number of nitrogens with one attached hydrogen (secondary N) is 2. The number of para-hydroxylation sites is 2. The highest BCUT2D eigenvalue weighted by Gasteiger charge is 2.28. The number of aromatic nitrogens is 3. The highest BCUT2D eigenvalue weighted by atomic mass is 15.3. The quantitative estimate of drug-likeness (QED) is 0.509. The number of benzene rings is 2. The maximum atomic E-state index is 4.84. The van der Waals surface area contributed by atoms with Gasteiger partial charge in [0.05, 0.1) is 0 Å². The van der Waals surface area contributed by atoms with E-state index in [1.807, 2.05) is 6.92 Å². The van der Waals surface area contributed by atoms with Crippen molar-refractivity contribution >= 4 is 28.4 Å². The van der Waals surface area contributed by atoms with Crippen LogP contribution in [0.3, 0.4) is 0 Å². The maximum Gasteiger partial charge on any atom is 0.224 e. The van der Waals surface area contributed by atoms with Crippen molar-refractivity contribution in [3.8, 4) is 0 Å². The van der Waals surface area contributed by atoms with Crippen molar-refractivity contribution in [2.45, 2.75) is 32.7 Å². The molecule has 2 N–H and O–H groups in total. The number of aromatic amines is 1. The van der Waals surface area contributed by atoms with E-state index in [2.05, 4.69) is 87.9 Å². The van der Waals surface area contributed by atoms with E-state index in [4.69, 9.17) is 4.98 Å². The SMILES string of the molecule is Cc1cc(N2c3ccccc3CC2C)nc(NCCc2c[nH]c3ccccc23)n1. The zero-order chi connectivity index (χ0) is 19.8. The Balaban J connectivity index is 1.35. The Morgan fingerprint density at radius 2 is 1.93 bits per heavy atom. The summed E-state index contributed by atoms with van der Waals surface area (Å²) in [5, 5.41) is 4.71. The number of H-pyrrole nitrogens is 1. The van der Waals surface area contributed by atoms with Gasteiger partial charge < -0.3 is 15.2 Å². The van der Waals surface area contributed by atoms with Crippen molar-refractivity contribution in [2.24, 2.45) is 0 Å². The van der Waals surface area contributed by atoms with E-state index >= 15 is 0 Å². The van der Waals surface area contributed by atoms with E-state index in [-0.39, 0.29) is 0 Å². The molecule has 0 amide bonds. The second kappa shape index (κ2) is 7.24. The number of hydrogen-bond donors (Lipinski definition) is 2. The second-order valence-electron chi connectivity index (χ2n) is 7.78. The third-order valence-electron chi connectivity index (χ3n) is 5.65. The molecule has 146 valence electrons. The molecule has 3 heterocycles. The Labute approximate surface area is 170 Å². The van der Waals surface area contributed by atoms with Gasteiger partial charge in [-0.3, -0.25) is 0 Å². The van der Waals surface area contributed by atoms with Crippen LogP contribution in [0, 0.1) is 6.92 Å². The number of aryl methyl sites for hydroxylation is 1. The predicted molar refractivity (Wildman–Crippen MR) is 119 cm³/mol. The summed E-state index contributed by atoms with van der Waals surface area (Å²) in [6.07, 6.45) is 4.06. The summed E-state index contributed by atoms with van der Waals surface area (Å²) in [6, 6.07) is 19.5. The summed E-state index contributed by atoms with van der Waals surface area (Å²) < 4.78 is 0. The van der Waals surface area contributed by atoms with Crippen LogP contribution >= 0.6 is 0 Å². The molecule has 0 spiro atoms. The van der Waals surface area contributed by atoms with Crippen LogP contribution in [-0.2, 0) is 12.8 Å². The summed E-state index contributed by atoms with van der Waals surface area (Å²) in [5.74, 6) is 1.65. The van der Waals surface area contributed by atoms with Crippen molar-refractivity contribution in [3.05, 3.63) is 77.6 Å². The van der Waals surface area contributed by atoms with Crippen molar-refractivity contribution < 1.29 is 0 Å². The van der Waals surface area contributed by atoms with E-state index in [9.17, 15) is 0 Å². The molecule has 0 saturated heterocycles. The van der Waals surface area contributed by atoms with Crippen LogP contribution in [0.1, 0.15) is 23.7 Å². The lowest BCUT2D eigenvalue weighted by Gasteiger charge is -2.24. The average Bonchev–Trinajstić information content (AvgIpc) is 3.28. The Bertz CT molecular complexity index is 1160. The number of nitrogens with zero attached hydrogens (tertiary/aromatic N) is 3. The number of anilines is 3. The third kappa shape index (κ3) is 3.33. The van der Waals surface area contributed by atoms with Crippen LogP contribution in [0.4, 0.5) is 17.5 Å². The minimum Gasteiger partial charge on any atom is -0.361 e. The average molecular weight is 383 g/mol. The molecule has 29 heavy (non-hydrogen) atoms. The fraction of sp³-hybridized carbons (Fsp3) is 0.250. The summed E-state index contributed by atoms with van der Waals surface area (Å²) >= 11 is 0. The van der Waals surface area contributed by atoms with Gasteiger partial charge in [-0.25, -0.2) is 4.98 Å². The fourth-order valence-corrected chi connectivity index (χ4v) is 4.32. The minimum atomic E-state index is 0.390. The Morgan fingerprint density at radius 3 is 2.86 bits per heavy atom. The molecule has 2 aromatic heterocycles. The van der Waals surface area contributed by atoms with E-state index in [1.165, 1.54) is 27.7 Å². The predicted octanol–water partition coefficient (Wildman–Crippen LogP) is 5.00. The van der Waals surface area contributed by atoms with E-state index < -0.39 is 0 Å². The Kier molecular flexibility index (Phi) is 4.43. The highest BCUT2D eigenvalue weighted by Crippen LogP contribution is 2.37. The number of rotatable bonds is 5. The van der Waals surface area contributed by atoms with Gasteiger partial charge in [-0.15, -0.1) is 0 Å². The normalized spacial score (nSPS) is 15.7. The molecule has 0 radical (unpaired) electrons. The molecule has 1 aliphatic rings. The van der Waals surface area contributed by atoms with Gasteiger partial charge in [0, 0.05) is 47.1 Å². The molecule has 0 bridgehead atoms. The summed E-state index contributed by atoms with van der Waals surface area (Å²) in [4.78, 5) is 15.1. The molecule has 4 aromatic rings. The van der Waals surface area contributed by atoms with Crippen molar-refractivity contribution in [1.82, 2.24) is 15.0 Å². The molecule has 2 aromatic carbocycles. The largest absolute Gasteiger partial charge is 0.361 e. The zero-order valence-electron chi connectivity index (χ0n) is 16.8. The molecule has 5 nitrogen and oxygen atoms in total. The van der Waals surface area contributed by atoms with Gasteiger partial charge >= 0.3 is 0 Å². The summed E-state index contributed by atoms with van der Waals surface area (Å²) in [5.41, 5.74) is 6.09. The first-order valence-corrected chi connectivity index (χ1v) is 10.2. The van der Waals surface area contributed by atoms with Crippen molar-refractivity contribution in [3.63, 3.8) is 0 Å². The topological polar surface area (TPSA) is 56.8 Å². The molecule has 0 saturated carbocycles. The number of fused-ring (bicyclic) bond motifs is 2. The van der Waals surface area contributed by atoms with E-state index in [0.717, 1.165) is 30.9 Å². The van der Waals surface area contributed by atoms with Gasteiger partial charge in [0.15, 0.2) is 0 Å². The molecule has 0 fully saturated rings. The smallest absolute Gasteiger partial charge is 0.224 e. The molecular weight excluding hydrogens is 358 g/mol. The van der Waals surface area contributed by atoms with Gasteiger partial charge in [0.2, 0.25) is 5.95 Å². The van der Waals surface area contributed by atoms with Gasteiger partial charge in [0.25, 0.3) is 0 Å². The molecule has 5 rings (SSSR count). The fourth-order valence-electron chi connectivity index (χ4n) is 4.32. The summed E-state index contributed by atoms with van der Waals surface area (Å²) in [6.45, 7) is 5.07. The summed E-state index contributed by atoms with van der Waals surface area (Å²) in [7, 11) is 0. The van der Waals surface area contributed by atoms with Gasteiger partial charge in [-0.2, -0.15) is 4.98 Å². The first kappa shape index (κ1) is 17.7. The molecule has 0 aliphatic carbocycles. The monoisotopic (exact) mass is 383 g/mol. The third-order valence-corrected chi connectivity index (χ3v) is 5.65. The lowest BCUT2D eigenvalue weighted by atomic mass is 10.1. The minimum absolute atomic E-state index is 0.390. The van der Waals surface area contributed by atoms with Crippen LogP contribution in [0.5, 0.6) is 0 Å². The van der Waals surface area contributed by atoms with Gasteiger partial charge in [-0.05, 0) is 49.9 Å². The number of hydrogen-bond acceptors (Lipinski definition) is 4. The lowest BCUT2D eigenvalue weighted by molar-refractivity contribution is 0.748. The van der Waals surface area contributed by atoms with Crippen LogP contribution < -0.4 is 10.2 Å². The van der Waals surface area contributed by atoms with Gasteiger partial charge in [-0.1, -0.05) is 36.4 Å². The zero-order valence-corrected chi connectivity index (χ0v) is 16.8. The van der Waals surface area contributed by atoms with Crippen LogP contribution in [-0.4, -0.2) is 27.5 Å². The van der Waals surface area contributed by atoms with Crippen LogP contribution in [0.2, 0.25) is 0 Å². The van der Waals surface area contributed by atoms with Gasteiger partial charge in [0.1, 0.15) is 5.82 Å². The van der Waals surface area contributed by atoms with E-state index in [1.54, 1.807) is 0 Å². The molecule has 1 unspecified atom stereocenters. The van der Waals surface area contributed by atoms with E-state index in [0.29, 0.717) is 12.0 Å². The van der Waals surface area contributed by atoms with Crippen molar-refractivity contribution in [2.75, 3.05) is 16.8 Å². The highest BCUT2D eigenvalue weighted by molar-refractivity contribution is 5.83. The molecule has 5 heteroatoms. The first-order valence-electron chi connectivity index (χ1n) is 10.2. The maximum absolute atomic E-state index is 4.84. The first-order chi connectivity index (χ1) is 14.2. The lowest BCUT2D eigenvalue weighted by Crippen LogP contribution is -2.25. The molecular formula is C24H25N5. The van der Waals surface area contributed by atoms with Crippen LogP contribution in [0.25, 0.3) is 10.9 Å². The standard InChI is InChI=1S/C24H25N5/c1-16-13-23(29-17(2)14-18-7-3-6-10-22(18)29)28-24(27-16)25-12-11-19-15-26-21-9-5-4-8-20(19)21/h3-10,13,15,17,26H,11-12,14H2,1-2H3,(H,25,27,28). The Hall–Kier alpha value is -3.34. The van der Waals surface area contributed by atoms with Crippen molar-refractivity contribution in [1.29, 1.82) is 0 Å². The molecule has 1 aliphatic heterocycles.